The van der Waals surface area contributed by atoms with E-state index in [0.717, 1.165) is 31.7 Å². The van der Waals surface area contributed by atoms with E-state index in [-0.39, 0.29) is 12.2 Å². The van der Waals surface area contributed by atoms with Gasteiger partial charge in [0.2, 0.25) is 0 Å². The molecule has 0 saturated carbocycles. The topological polar surface area (TPSA) is 67.6 Å². The van der Waals surface area contributed by atoms with Gasteiger partial charge in [-0.05, 0) is 13.3 Å². The van der Waals surface area contributed by atoms with Crippen molar-refractivity contribution in [1.82, 2.24) is 14.7 Å². The van der Waals surface area contributed by atoms with Crippen molar-refractivity contribution in [2.45, 2.75) is 32.4 Å². The molecule has 2 heterocycles. The Morgan fingerprint density at radius 3 is 2.84 bits per heavy atom. The monoisotopic (exact) mass is 267 g/mol. The van der Waals surface area contributed by atoms with Crippen molar-refractivity contribution in [2.75, 3.05) is 19.7 Å². The molecule has 0 unspecified atom stereocenters. The van der Waals surface area contributed by atoms with Crippen LogP contribution in [0.5, 0.6) is 0 Å². The standard InChI is InChI=1S/C13H21N3O3/c1-4-11-10(5-15(3)14-11)6-16-8-13(2,9-16)19-7-12(17)18/h5H,4,6-9H2,1-3H3,(H,17,18). The van der Waals surface area contributed by atoms with Crippen molar-refractivity contribution >= 4 is 5.97 Å². The maximum absolute atomic E-state index is 10.5. The molecule has 1 N–H and O–H groups in total. The molecule has 6 heteroatoms. The van der Waals surface area contributed by atoms with E-state index >= 15 is 0 Å². The third kappa shape index (κ3) is 3.33. The molecule has 1 saturated heterocycles. The highest BCUT2D eigenvalue weighted by molar-refractivity contribution is 5.68. The lowest BCUT2D eigenvalue weighted by Gasteiger charge is -2.47. The van der Waals surface area contributed by atoms with Gasteiger partial charge in [0.05, 0.1) is 11.3 Å². The molecule has 0 radical (unpaired) electrons. The maximum atomic E-state index is 10.5. The summed E-state index contributed by atoms with van der Waals surface area (Å²) >= 11 is 0. The second-order valence-electron chi connectivity index (χ2n) is 5.41. The second kappa shape index (κ2) is 5.30. The zero-order chi connectivity index (χ0) is 14.0. The van der Waals surface area contributed by atoms with Gasteiger partial charge in [-0.15, -0.1) is 0 Å². The van der Waals surface area contributed by atoms with E-state index in [4.69, 9.17) is 9.84 Å². The minimum atomic E-state index is -0.916. The molecule has 1 aliphatic heterocycles. The molecule has 0 spiro atoms. The maximum Gasteiger partial charge on any atom is 0.329 e. The zero-order valence-corrected chi connectivity index (χ0v) is 11.7. The van der Waals surface area contributed by atoms with Crippen molar-refractivity contribution in [3.63, 3.8) is 0 Å². The lowest BCUT2D eigenvalue weighted by atomic mass is 9.95. The van der Waals surface area contributed by atoms with Gasteiger partial charge in [-0.2, -0.15) is 5.10 Å². The van der Waals surface area contributed by atoms with Gasteiger partial charge >= 0.3 is 5.97 Å². The van der Waals surface area contributed by atoms with Crippen LogP contribution in [0, 0.1) is 0 Å². The van der Waals surface area contributed by atoms with Gasteiger partial charge in [0, 0.05) is 38.4 Å². The van der Waals surface area contributed by atoms with Gasteiger partial charge in [-0.1, -0.05) is 6.92 Å². The molecule has 1 fully saturated rings. The summed E-state index contributed by atoms with van der Waals surface area (Å²) in [6, 6.07) is 0. The predicted octanol–water partition coefficient (Wildman–Crippen LogP) is 0.658. The number of aryl methyl sites for hydroxylation is 2. The molecule has 0 atom stereocenters. The van der Waals surface area contributed by atoms with Gasteiger partial charge in [0.1, 0.15) is 6.61 Å². The van der Waals surface area contributed by atoms with E-state index < -0.39 is 5.97 Å². The number of ether oxygens (including phenoxy) is 1. The molecule has 1 aliphatic rings. The first-order valence-corrected chi connectivity index (χ1v) is 6.51. The Morgan fingerprint density at radius 1 is 1.58 bits per heavy atom. The number of hydrogen-bond donors (Lipinski definition) is 1. The molecule has 0 bridgehead atoms. The minimum absolute atomic E-state index is 0.225. The number of carboxylic acids is 1. The number of aromatic nitrogens is 2. The SMILES string of the molecule is CCc1nn(C)cc1CN1CC(C)(OCC(=O)O)C1. The van der Waals surface area contributed by atoms with Crippen LogP contribution in [0.25, 0.3) is 0 Å². The van der Waals surface area contributed by atoms with E-state index in [9.17, 15) is 4.79 Å². The zero-order valence-electron chi connectivity index (χ0n) is 11.7. The van der Waals surface area contributed by atoms with Crippen LogP contribution >= 0.6 is 0 Å². The first kappa shape index (κ1) is 14.0. The van der Waals surface area contributed by atoms with Crippen molar-refractivity contribution in [3.05, 3.63) is 17.5 Å². The van der Waals surface area contributed by atoms with Crippen LogP contribution in [0.3, 0.4) is 0 Å². The first-order chi connectivity index (χ1) is 8.92. The third-order valence-electron chi connectivity index (χ3n) is 3.38. The molecule has 0 aliphatic carbocycles. The van der Waals surface area contributed by atoms with Crippen LogP contribution in [0.15, 0.2) is 6.20 Å². The molecule has 2 rings (SSSR count). The van der Waals surface area contributed by atoms with E-state index in [2.05, 4.69) is 16.9 Å². The summed E-state index contributed by atoms with van der Waals surface area (Å²) in [5.41, 5.74) is 2.04. The van der Waals surface area contributed by atoms with E-state index in [1.165, 1.54) is 5.56 Å². The summed E-state index contributed by atoms with van der Waals surface area (Å²) in [4.78, 5) is 12.7. The molecule has 0 aromatic carbocycles. The van der Waals surface area contributed by atoms with Crippen LogP contribution < -0.4 is 0 Å². The highest BCUT2D eigenvalue weighted by atomic mass is 16.5. The van der Waals surface area contributed by atoms with E-state index in [1.54, 1.807) is 0 Å². The summed E-state index contributed by atoms with van der Waals surface area (Å²) in [5, 5.41) is 13.0. The lowest BCUT2D eigenvalue weighted by Crippen LogP contribution is -2.61. The largest absolute Gasteiger partial charge is 0.480 e. The summed E-state index contributed by atoms with van der Waals surface area (Å²) in [6.07, 6.45) is 2.98. The molecular formula is C13H21N3O3. The van der Waals surface area contributed by atoms with Gasteiger partial charge < -0.3 is 9.84 Å². The van der Waals surface area contributed by atoms with Crippen molar-refractivity contribution < 1.29 is 14.6 Å². The second-order valence-corrected chi connectivity index (χ2v) is 5.41. The van der Waals surface area contributed by atoms with Crippen LogP contribution in [-0.4, -0.2) is 51.1 Å². The Bertz CT molecular complexity index is 464. The van der Waals surface area contributed by atoms with Crippen LogP contribution in [0.4, 0.5) is 0 Å². The number of carboxylic acid groups (broad SMARTS) is 1. The first-order valence-electron chi connectivity index (χ1n) is 6.51. The molecule has 106 valence electrons. The Hall–Kier alpha value is -1.40. The molecule has 19 heavy (non-hydrogen) atoms. The van der Waals surface area contributed by atoms with Crippen LogP contribution in [-0.2, 0) is 29.5 Å². The summed E-state index contributed by atoms with van der Waals surface area (Å²) in [6.45, 7) is 6.20. The lowest BCUT2D eigenvalue weighted by molar-refractivity contribution is -0.165. The molecule has 0 amide bonds. The summed E-state index contributed by atoms with van der Waals surface area (Å²) in [7, 11) is 1.93. The van der Waals surface area contributed by atoms with Gasteiger partial charge in [-0.25, -0.2) is 4.79 Å². The number of aliphatic carboxylic acids is 1. The highest BCUT2D eigenvalue weighted by Crippen LogP contribution is 2.26. The Balaban J connectivity index is 1.85. The van der Waals surface area contributed by atoms with Crippen LogP contribution in [0.2, 0.25) is 0 Å². The van der Waals surface area contributed by atoms with Gasteiger partial charge in [0.15, 0.2) is 0 Å². The Labute approximate surface area is 113 Å². The van der Waals surface area contributed by atoms with Crippen molar-refractivity contribution in [1.29, 1.82) is 0 Å². The molecule has 1 aromatic heterocycles. The number of hydrogen-bond acceptors (Lipinski definition) is 4. The number of rotatable bonds is 6. The fraction of sp³-hybridized carbons (Fsp3) is 0.692. The molecule has 6 nitrogen and oxygen atoms in total. The predicted molar refractivity (Wildman–Crippen MR) is 69.9 cm³/mol. The van der Waals surface area contributed by atoms with E-state index in [1.807, 2.05) is 24.9 Å². The number of nitrogens with zero attached hydrogens (tertiary/aromatic N) is 3. The van der Waals surface area contributed by atoms with Gasteiger partial charge in [0.25, 0.3) is 0 Å². The average molecular weight is 267 g/mol. The van der Waals surface area contributed by atoms with Crippen molar-refractivity contribution in [2.24, 2.45) is 7.05 Å². The summed E-state index contributed by atoms with van der Waals surface area (Å²) < 4.78 is 7.24. The quantitative estimate of drug-likeness (QED) is 0.820. The molecular weight excluding hydrogens is 246 g/mol. The normalized spacial score (nSPS) is 18.3. The number of likely N-dealkylation sites (tertiary alicyclic amines) is 1. The van der Waals surface area contributed by atoms with Crippen molar-refractivity contribution in [3.8, 4) is 0 Å². The van der Waals surface area contributed by atoms with Crippen LogP contribution in [0.1, 0.15) is 25.1 Å². The fourth-order valence-electron chi connectivity index (χ4n) is 2.59. The fourth-order valence-corrected chi connectivity index (χ4v) is 2.59. The average Bonchev–Trinajstić information content (AvgIpc) is 2.65. The smallest absolute Gasteiger partial charge is 0.329 e. The highest BCUT2D eigenvalue weighted by Gasteiger charge is 2.40. The summed E-state index contributed by atoms with van der Waals surface area (Å²) in [5.74, 6) is -0.916. The Morgan fingerprint density at radius 2 is 2.26 bits per heavy atom. The number of carbonyl (C=O) groups is 1. The Kier molecular flexibility index (Phi) is 3.91. The molecule has 1 aromatic rings. The third-order valence-corrected chi connectivity index (χ3v) is 3.38. The van der Waals surface area contributed by atoms with E-state index in [0.29, 0.717) is 0 Å². The minimum Gasteiger partial charge on any atom is -0.480 e. The van der Waals surface area contributed by atoms with Gasteiger partial charge in [-0.3, -0.25) is 9.58 Å².